The van der Waals surface area contributed by atoms with Crippen LogP contribution in [0.2, 0.25) is 0 Å². The summed E-state index contributed by atoms with van der Waals surface area (Å²) in [6.07, 6.45) is 2.21. The third-order valence-electron chi connectivity index (χ3n) is 5.55. The van der Waals surface area contributed by atoms with Crippen LogP contribution in [-0.4, -0.2) is 46.5 Å². The van der Waals surface area contributed by atoms with Crippen molar-refractivity contribution in [2.45, 2.75) is 32.1 Å². The molecular weight excluding hydrogens is 318 g/mol. The Labute approximate surface area is 147 Å². The molecule has 4 rings (SSSR count). The van der Waals surface area contributed by atoms with Gasteiger partial charge in [-0.05, 0) is 38.4 Å². The van der Waals surface area contributed by atoms with E-state index in [4.69, 9.17) is 14.5 Å². The zero-order valence-electron chi connectivity index (χ0n) is 14.9. The molecule has 25 heavy (non-hydrogen) atoms. The summed E-state index contributed by atoms with van der Waals surface area (Å²) in [5.41, 5.74) is 0.784. The number of benzene rings is 1. The zero-order valence-corrected chi connectivity index (χ0v) is 14.9. The fourth-order valence-electron chi connectivity index (χ4n) is 4.00. The first kappa shape index (κ1) is 16.7. The van der Waals surface area contributed by atoms with E-state index in [0.717, 1.165) is 37.3 Å². The second-order valence-electron chi connectivity index (χ2n) is 7.20. The van der Waals surface area contributed by atoms with Crippen LogP contribution in [0.25, 0.3) is 10.9 Å². The minimum atomic E-state index is -0.471. The lowest BCUT2D eigenvalue weighted by atomic mass is 9.90. The van der Waals surface area contributed by atoms with E-state index in [1.165, 1.54) is 0 Å². The van der Waals surface area contributed by atoms with Gasteiger partial charge in [-0.15, -0.1) is 0 Å². The van der Waals surface area contributed by atoms with Gasteiger partial charge in [0.1, 0.15) is 5.82 Å². The molecule has 0 spiro atoms. The Bertz CT molecular complexity index is 826. The Balaban J connectivity index is 1.56. The summed E-state index contributed by atoms with van der Waals surface area (Å²) in [6, 6.07) is 7.54. The Morgan fingerprint density at radius 3 is 2.84 bits per heavy atom. The van der Waals surface area contributed by atoms with E-state index in [-0.39, 0.29) is 5.56 Å². The summed E-state index contributed by atoms with van der Waals surface area (Å²) in [5.74, 6) is 0.686. The lowest BCUT2D eigenvalue weighted by molar-refractivity contribution is -0.192. The van der Waals surface area contributed by atoms with Crippen LogP contribution in [0.5, 0.6) is 0 Å². The number of rotatable bonds is 3. The first-order chi connectivity index (χ1) is 12.1. The van der Waals surface area contributed by atoms with Crippen molar-refractivity contribution in [2.75, 3.05) is 26.3 Å². The molecule has 0 saturated carbocycles. The Kier molecular flexibility index (Phi) is 4.35. The van der Waals surface area contributed by atoms with Crippen molar-refractivity contribution < 1.29 is 9.47 Å². The van der Waals surface area contributed by atoms with Crippen molar-refractivity contribution >= 4 is 10.9 Å². The second kappa shape index (κ2) is 6.52. The van der Waals surface area contributed by atoms with Crippen LogP contribution in [0.15, 0.2) is 29.1 Å². The summed E-state index contributed by atoms with van der Waals surface area (Å²) in [4.78, 5) is 19.7. The summed E-state index contributed by atoms with van der Waals surface area (Å²) in [6.45, 7) is 5.98. The molecule has 6 heteroatoms. The van der Waals surface area contributed by atoms with Crippen LogP contribution in [-0.2, 0) is 23.1 Å². The Morgan fingerprint density at radius 1 is 1.28 bits per heavy atom. The molecule has 0 unspecified atom stereocenters. The van der Waals surface area contributed by atoms with E-state index in [1.807, 2.05) is 31.3 Å². The minimum Gasteiger partial charge on any atom is -0.347 e. The van der Waals surface area contributed by atoms with Crippen LogP contribution in [0, 0.1) is 5.92 Å². The normalized spacial score (nSPS) is 24.0. The smallest absolute Gasteiger partial charge is 0.261 e. The predicted octanol–water partition coefficient (Wildman–Crippen LogP) is 1.91. The van der Waals surface area contributed by atoms with Crippen molar-refractivity contribution in [1.82, 2.24) is 14.5 Å². The number of ether oxygens (including phenoxy) is 2. The molecule has 1 aromatic carbocycles. The topological polar surface area (TPSA) is 56.6 Å². The Hall–Kier alpha value is -1.76. The zero-order chi connectivity index (χ0) is 17.4. The molecule has 3 heterocycles. The lowest BCUT2D eigenvalue weighted by Gasteiger charge is -2.39. The van der Waals surface area contributed by atoms with Gasteiger partial charge in [-0.1, -0.05) is 12.1 Å². The molecule has 0 N–H and O–H groups in total. The SMILES string of the molecule is Cn1c(CN2CCC[C@@H](C3(C)OCCO3)C2)nc2ccccc2c1=O. The van der Waals surface area contributed by atoms with Gasteiger partial charge >= 0.3 is 0 Å². The lowest BCUT2D eigenvalue weighted by Crippen LogP contribution is -2.47. The summed E-state index contributed by atoms with van der Waals surface area (Å²) < 4.78 is 13.4. The molecule has 2 aliphatic heterocycles. The molecule has 0 radical (unpaired) electrons. The van der Waals surface area contributed by atoms with E-state index in [9.17, 15) is 4.79 Å². The Morgan fingerprint density at radius 2 is 2.04 bits per heavy atom. The summed E-state index contributed by atoms with van der Waals surface area (Å²) in [7, 11) is 1.81. The average Bonchev–Trinajstić information content (AvgIpc) is 3.08. The number of piperidine rings is 1. The standard InChI is InChI=1S/C19H25N3O3/c1-19(24-10-11-25-19)14-6-5-9-22(12-14)13-17-20-16-8-4-3-7-15(16)18(23)21(17)2/h3-4,7-8,14H,5-6,9-13H2,1-2H3/t14-/m1/s1. The van der Waals surface area contributed by atoms with E-state index in [2.05, 4.69) is 11.8 Å². The highest BCUT2D eigenvalue weighted by Crippen LogP contribution is 2.34. The number of hydrogen-bond acceptors (Lipinski definition) is 5. The summed E-state index contributed by atoms with van der Waals surface area (Å²) in [5, 5.41) is 0.672. The summed E-state index contributed by atoms with van der Waals surface area (Å²) >= 11 is 0. The van der Waals surface area contributed by atoms with Gasteiger partial charge < -0.3 is 9.47 Å². The molecule has 2 aromatic rings. The molecule has 2 saturated heterocycles. The highest BCUT2D eigenvalue weighted by atomic mass is 16.7. The van der Waals surface area contributed by atoms with Crippen molar-refractivity contribution in [2.24, 2.45) is 13.0 Å². The molecule has 0 bridgehead atoms. The molecule has 0 aliphatic carbocycles. The van der Waals surface area contributed by atoms with Gasteiger partial charge in [0.2, 0.25) is 0 Å². The quantitative estimate of drug-likeness (QED) is 0.852. The number of hydrogen-bond donors (Lipinski definition) is 0. The van der Waals surface area contributed by atoms with Gasteiger partial charge in [-0.3, -0.25) is 14.3 Å². The van der Waals surface area contributed by atoms with Gasteiger partial charge in [-0.25, -0.2) is 4.98 Å². The first-order valence-corrected chi connectivity index (χ1v) is 9.02. The highest BCUT2D eigenvalue weighted by Gasteiger charge is 2.41. The largest absolute Gasteiger partial charge is 0.347 e. The average molecular weight is 343 g/mol. The van der Waals surface area contributed by atoms with E-state index < -0.39 is 5.79 Å². The molecule has 6 nitrogen and oxygen atoms in total. The number of aromatic nitrogens is 2. The van der Waals surface area contributed by atoms with Crippen LogP contribution in [0.3, 0.4) is 0 Å². The first-order valence-electron chi connectivity index (χ1n) is 9.02. The van der Waals surface area contributed by atoms with Crippen LogP contribution < -0.4 is 5.56 Å². The minimum absolute atomic E-state index is 0.0172. The fraction of sp³-hybridized carbons (Fsp3) is 0.579. The highest BCUT2D eigenvalue weighted by molar-refractivity contribution is 5.77. The van der Waals surface area contributed by atoms with Gasteiger partial charge in [0.25, 0.3) is 5.56 Å². The van der Waals surface area contributed by atoms with E-state index >= 15 is 0 Å². The molecule has 2 fully saturated rings. The fourth-order valence-corrected chi connectivity index (χ4v) is 4.00. The van der Waals surface area contributed by atoms with Gasteiger partial charge in [0.15, 0.2) is 5.79 Å². The van der Waals surface area contributed by atoms with Crippen molar-refractivity contribution in [3.8, 4) is 0 Å². The molecule has 2 aliphatic rings. The van der Waals surface area contributed by atoms with Crippen molar-refractivity contribution in [3.05, 3.63) is 40.4 Å². The van der Waals surface area contributed by atoms with Gasteiger partial charge in [0, 0.05) is 19.5 Å². The van der Waals surface area contributed by atoms with Crippen LogP contribution in [0.1, 0.15) is 25.6 Å². The number of para-hydroxylation sites is 1. The third kappa shape index (κ3) is 3.10. The monoisotopic (exact) mass is 343 g/mol. The number of likely N-dealkylation sites (tertiary alicyclic amines) is 1. The van der Waals surface area contributed by atoms with Crippen molar-refractivity contribution in [3.63, 3.8) is 0 Å². The number of nitrogens with zero attached hydrogens (tertiary/aromatic N) is 3. The van der Waals surface area contributed by atoms with Crippen molar-refractivity contribution in [1.29, 1.82) is 0 Å². The molecule has 0 amide bonds. The predicted molar refractivity (Wildman–Crippen MR) is 95.3 cm³/mol. The van der Waals surface area contributed by atoms with Gasteiger partial charge in [0.05, 0.1) is 30.7 Å². The second-order valence-corrected chi connectivity index (χ2v) is 7.20. The number of fused-ring (bicyclic) bond motifs is 1. The molecule has 134 valence electrons. The maximum absolute atomic E-state index is 12.6. The van der Waals surface area contributed by atoms with Gasteiger partial charge in [-0.2, -0.15) is 0 Å². The molecule has 1 atom stereocenters. The van der Waals surface area contributed by atoms with Crippen LogP contribution >= 0.6 is 0 Å². The van der Waals surface area contributed by atoms with E-state index in [0.29, 0.717) is 31.1 Å². The maximum Gasteiger partial charge on any atom is 0.261 e. The van der Waals surface area contributed by atoms with Crippen LogP contribution in [0.4, 0.5) is 0 Å². The third-order valence-corrected chi connectivity index (χ3v) is 5.55. The van der Waals surface area contributed by atoms with E-state index in [1.54, 1.807) is 4.57 Å². The maximum atomic E-state index is 12.6. The molecule has 1 aromatic heterocycles. The molecular formula is C19H25N3O3.